The third-order valence-corrected chi connectivity index (χ3v) is 4.37. The Kier molecular flexibility index (Phi) is 16.3. The number of carbonyl (C=O) groups excluding carboxylic acids is 1. The Hall–Kier alpha value is -5.22. The summed E-state index contributed by atoms with van der Waals surface area (Å²) in [7, 11) is 0. The molecule has 4 rings (SSSR count). The molecule has 1 amide bonds. The van der Waals surface area contributed by atoms with Gasteiger partial charge in [0.15, 0.2) is 11.5 Å². The Bertz CT molecular complexity index is 1330. The summed E-state index contributed by atoms with van der Waals surface area (Å²) in [6, 6.07) is 7.24. The molecular weight excluding hydrogens is 647 g/mol. The van der Waals surface area contributed by atoms with Crippen molar-refractivity contribution in [1.82, 2.24) is 19.6 Å². The van der Waals surface area contributed by atoms with E-state index in [1.165, 1.54) is 6.20 Å². The van der Waals surface area contributed by atoms with E-state index in [1.807, 2.05) is 12.1 Å². The highest BCUT2D eigenvalue weighted by atomic mass is 19.5. The van der Waals surface area contributed by atoms with E-state index in [1.54, 1.807) is 29.0 Å². The van der Waals surface area contributed by atoms with Gasteiger partial charge in [0.2, 0.25) is 0 Å². The second-order valence-corrected chi connectivity index (χ2v) is 7.42. The first kappa shape index (κ1) is 39.8. The molecule has 0 spiro atoms. The number of nitrogens with zero attached hydrogens (tertiary/aromatic N) is 5. The SMILES string of the molecule is FC(F)(F)C(F)(F)F.O=C(Nc1cn2nc(N3CCOCC3)ccc2n1)c1cccnc1.O=C(O)C(F)(F)F.O=CO.O=CO. The lowest BCUT2D eigenvalue weighted by molar-refractivity contribution is -0.339. The van der Waals surface area contributed by atoms with Crippen molar-refractivity contribution in [3.8, 4) is 0 Å². The van der Waals surface area contributed by atoms with Crippen LogP contribution in [0.4, 0.5) is 51.1 Å². The number of rotatable bonds is 3. The molecule has 1 saturated heterocycles. The van der Waals surface area contributed by atoms with E-state index in [9.17, 15) is 44.3 Å². The predicted octanol–water partition coefficient (Wildman–Crippen LogP) is 3.36. The van der Waals surface area contributed by atoms with Gasteiger partial charge in [0, 0.05) is 25.5 Å². The van der Waals surface area contributed by atoms with Crippen molar-refractivity contribution in [1.29, 1.82) is 0 Å². The predicted molar refractivity (Wildman–Crippen MR) is 131 cm³/mol. The topological polar surface area (TPSA) is 197 Å². The van der Waals surface area contributed by atoms with E-state index < -0.39 is 24.5 Å². The van der Waals surface area contributed by atoms with Gasteiger partial charge >= 0.3 is 24.5 Å². The van der Waals surface area contributed by atoms with Gasteiger partial charge in [0.1, 0.15) is 5.82 Å². The lowest BCUT2D eigenvalue weighted by atomic mass is 10.3. The average molecular weight is 668 g/mol. The fraction of sp³-hybridized carbons (Fsp3) is 0.318. The van der Waals surface area contributed by atoms with E-state index in [0.29, 0.717) is 30.2 Å². The van der Waals surface area contributed by atoms with Crippen LogP contribution in [0.15, 0.2) is 42.9 Å². The molecule has 14 nitrogen and oxygen atoms in total. The Balaban J connectivity index is 0.000000760. The van der Waals surface area contributed by atoms with Gasteiger partial charge in [-0.15, -0.1) is 5.10 Å². The summed E-state index contributed by atoms with van der Waals surface area (Å²) in [5.41, 5.74) is 1.16. The molecule has 0 bridgehead atoms. The zero-order chi connectivity index (χ0) is 34.8. The summed E-state index contributed by atoms with van der Waals surface area (Å²) in [6.07, 6.45) is -12.4. The second kappa shape index (κ2) is 18.4. The van der Waals surface area contributed by atoms with E-state index in [4.69, 9.17) is 34.4 Å². The number of hydrogen-bond acceptors (Lipinski definition) is 9. The normalized spacial score (nSPS) is 12.7. The lowest BCUT2D eigenvalue weighted by Gasteiger charge is -2.27. The van der Waals surface area contributed by atoms with Crippen molar-refractivity contribution >= 4 is 42.1 Å². The Morgan fingerprint density at radius 1 is 0.911 bits per heavy atom. The van der Waals surface area contributed by atoms with Crippen LogP contribution in [0.1, 0.15) is 10.4 Å². The molecular formula is C22H21F9N6O8. The van der Waals surface area contributed by atoms with E-state index in [2.05, 4.69) is 25.3 Å². The highest BCUT2D eigenvalue weighted by molar-refractivity contribution is 6.03. The minimum absolute atomic E-state index is 0.250. The number of carboxylic acids is 1. The van der Waals surface area contributed by atoms with Crippen LogP contribution in [-0.4, -0.2) is 105 Å². The molecule has 1 aliphatic heterocycles. The van der Waals surface area contributed by atoms with E-state index in [0.717, 1.165) is 18.9 Å². The standard InChI is InChI=1S/C16H16N6O2.C2F6.C2HF3O2.2CH2O2/c23-16(12-2-1-5-17-10-12)19-13-11-22-14(18-13)3-4-15(20-22)21-6-8-24-9-7-21;3-1(4,5)2(6,7)8;3-2(4,5)1(6)7;2*2-1-3/h1-5,10-11H,6-9H2,(H,19,23);;(H,6,7);2*1H,(H,2,3). The highest BCUT2D eigenvalue weighted by Gasteiger charge is 2.58. The number of hydrogen-bond donors (Lipinski definition) is 4. The molecule has 3 aromatic heterocycles. The number of fused-ring (bicyclic) bond motifs is 1. The van der Waals surface area contributed by atoms with Gasteiger partial charge in [-0.05, 0) is 24.3 Å². The maximum absolute atomic E-state index is 12.2. The first-order valence-corrected chi connectivity index (χ1v) is 11.3. The summed E-state index contributed by atoms with van der Waals surface area (Å²) in [6.45, 7) is 2.54. The number of carboxylic acid groups (broad SMARTS) is 3. The van der Waals surface area contributed by atoms with Crippen molar-refractivity contribution in [2.24, 2.45) is 0 Å². The number of pyridine rings is 1. The molecule has 0 saturated carbocycles. The first-order chi connectivity index (χ1) is 20.8. The molecule has 4 heterocycles. The molecule has 250 valence electrons. The summed E-state index contributed by atoms with van der Waals surface area (Å²) in [4.78, 5) is 48.3. The molecule has 1 aliphatic rings. The van der Waals surface area contributed by atoms with E-state index >= 15 is 0 Å². The van der Waals surface area contributed by atoms with Gasteiger partial charge in [-0.2, -0.15) is 39.5 Å². The molecule has 0 atom stereocenters. The van der Waals surface area contributed by atoms with Gasteiger partial charge in [-0.25, -0.2) is 14.3 Å². The van der Waals surface area contributed by atoms with Crippen LogP contribution in [0.2, 0.25) is 0 Å². The number of anilines is 2. The van der Waals surface area contributed by atoms with Crippen LogP contribution in [0.3, 0.4) is 0 Å². The van der Waals surface area contributed by atoms with Crippen LogP contribution < -0.4 is 10.2 Å². The van der Waals surface area contributed by atoms with Crippen LogP contribution in [0.5, 0.6) is 0 Å². The second-order valence-electron chi connectivity index (χ2n) is 7.42. The number of ether oxygens (including phenoxy) is 1. The number of carbonyl (C=O) groups is 4. The largest absolute Gasteiger partial charge is 0.490 e. The third kappa shape index (κ3) is 15.2. The number of alkyl halides is 9. The number of aromatic nitrogens is 4. The van der Waals surface area contributed by atoms with Gasteiger partial charge in [0.05, 0.1) is 25.0 Å². The molecule has 0 unspecified atom stereocenters. The number of amides is 1. The molecule has 45 heavy (non-hydrogen) atoms. The van der Waals surface area contributed by atoms with Crippen molar-refractivity contribution in [2.45, 2.75) is 18.5 Å². The molecule has 1 fully saturated rings. The molecule has 0 aromatic carbocycles. The van der Waals surface area contributed by atoms with Crippen LogP contribution in [0.25, 0.3) is 5.65 Å². The Labute approximate surface area is 244 Å². The number of nitrogens with one attached hydrogen (secondary N) is 1. The van der Waals surface area contributed by atoms with Gasteiger partial charge < -0.3 is 30.3 Å². The third-order valence-electron chi connectivity index (χ3n) is 4.37. The summed E-state index contributed by atoms with van der Waals surface area (Å²) in [5.74, 6) is -1.68. The number of morpholine rings is 1. The van der Waals surface area contributed by atoms with Crippen molar-refractivity contribution in [2.75, 3.05) is 36.5 Å². The van der Waals surface area contributed by atoms with Gasteiger partial charge in [-0.3, -0.25) is 19.4 Å². The fourth-order valence-electron chi connectivity index (χ4n) is 2.58. The fourth-order valence-corrected chi connectivity index (χ4v) is 2.58. The zero-order valence-electron chi connectivity index (χ0n) is 22.0. The Morgan fingerprint density at radius 2 is 1.42 bits per heavy atom. The highest BCUT2D eigenvalue weighted by Crippen LogP contribution is 2.35. The minimum Gasteiger partial charge on any atom is -0.483 e. The number of aliphatic carboxylic acids is 1. The van der Waals surface area contributed by atoms with Crippen LogP contribution in [0, 0.1) is 0 Å². The van der Waals surface area contributed by atoms with E-state index in [-0.39, 0.29) is 18.9 Å². The number of imidazole rings is 1. The van der Waals surface area contributed by atoms with Crippen molar-refractivity contribution in [3.63, 3.8) is 0 Å². The monoisotopic (exact) mass is 668 g/mol. The van der Waals surface area contributed by atoms with Crippen LogP contribution in [-0.2, 0) is 19.1 Å². The van der Waals surface area contributed by atoms with Crippen molar-refractivity contribution in [3.05, 3.63) is 48.4 Å². The van der Waals surface area contributed by atoms with Gasteiger partial charge in [0.25, 0.3) is 18.9 Å². The van der Waals surface area contributed by atoms with Crippen molar-refractivity contribution < 1.29 is 78.7 Å². The first-order valence-electron chi connectivity index (χ1n) is 11.3. The zero-order valence-corrected chi connectivity index (χ0v) is 22.0. The average Bonchev–Trinajstić information content (AvgIpc) is 3.35. The maximum atomic E-state index is 12.2. The summed E-state index contributed by atoms with van der Waals surface area (Å²) < 4.78 is 101. The smallest absolute Gasteiger partial charge is 0.483 e. The quantitative estimate of drug-likeness (QED) is 0.235. The maximum Gasteiger partial charge on any atom is 0.490 e. The van der Waals surface area contributed by atoms with Gasteiger partial charge in [-0.1, -0.05) is 0 Å². The number of halogens is 9. The minimum atomic E-state index is -6.06. The molecule has 0 radical (unpaired) electrons. The Morgan fingerprint density at radius 3 is 1.84 bits per heavy atom. The molecule has 4 N–H and O–H groups in total. The van der Waals surface area contributed by atoms with Crippen LogP contribution >= 0.6 is 0 Å². The summed E-state index contributed by atoms with van der Waals surface area (Å²) >= 11 is 0. The summed E-state index contributed by atoms with van der Waals surface area (Å²) in [5, 5.41) is 28.2. The molecule has 23 heteroatoms. The molecule has 0 aliphatic carbocycles. The lowest BCUT2D eigenvalue weighted by Crippen LogP contribution is -2.36. The molecule has 3 aromatic rings.